The molecule has 1 aromatic carbocycles. The van der Waals surface area contributed by atoms with Crippen molar-refractivity contribution in [2.45, 2.75) is 13.8 Å². The summed E-state index contributed by atoms with van der Waals surface area (Å²) in [7, 11) is 0. The first-order chi connectivity index (χ1) is 8.16. The monoisotopic (exact) mass is 229 g/mol. The molecule has 0 fully saturated rings. The lowest BCUT2D eigenvalue weighted by Gasteiger charge is -2.04. The molecule has 0 bridgehead atoms. The van der Waals surface area contributed by atoms with Crippen molar-refractivity contribution in [2.75, 3.05) is 5.32 Å². The topological polar surface area (TPSA) is 46.9 Å². The Morgan fingerprint density at radius 3 is 2.59 bits per heavy atom. The van der Waals surface area contributed by atoms with Gasteiger partial charge in [0.15, 0.2) is 5.82 Å². The van der Waals surface area contributed by atoms with Gasteiger partial charge >= 0.3 is 0 Å². The highest BCUT2D eigenvalue weighted by Crippen LogP contribution is 2.10. The van der Waals surface area contributed by atoms with Gasteiger partial charge in [0.2, 0.25) is 5.91 Å². The van der Waals surface area contributed by atoms with E-state index in [1.54, 1.807) is 10.7 Å². The molecule has 0 saturated carbocycles. The number of carbonyl (C=O) groups excluding carboxylic acids is 1. The maximum Gasteiger partial charge on any atom is 0.228 e. The zero-order valence-corrected chi connectivity index (χ0v) is 9.92. The molecule has 0 aliphatic rings. The van der Waals surface area contributed by atoms with Gasteiger partial charge in [0.05, 0.1) is 5.69 Å². The average molecular weight is 229 g/mol. The van der Waals surface area contributed by atoms with Crippen molar-refractivity contribution in [3.8, 4) is 5.69 Å². The van der Waals surface area contributed by atoms with Crippen molar-refractivity contribution in [2.24, 2.45) is 5.92 Å². The number of nitrogens with zero attached hydrogens (tertiary/aromatic N) is 2. The van der Waals surface area contributed by atoms with Crippen molar-refractivity contribution < 1.29 is 4.79 Å². The van der Waals surface area contributed by atoms with Crippen molar-refractivity contribution in [3.05, 3.63) is 42.6 Å². The predicted molar refractivity (Wildman–Crippen MR) is 67.0 cm³/mol. The molecular formula is C13H15N3O. The summed E-state index contributed by atoms with van der Waals surface area (Å²) in [6.45, 7) is 3.70. The van der Waals surface area contributed by atoms with Crippen molar-refractivity contribution >= 4 is 11.7 Å². The Balaban J connectivity index is 2.14. The molecule has 0 aliphatic heterocycles. The first-order valence-corrected chi connectivity index (χ1v) is 5.59. The molecular weight excluding hydrogens is 214 g/mol. The molecule has 4 heteroatoms. The molecule has 2 rings (SSSR count). The lowest BCUT2D eigenvalue weighted by molar-refractivity contribution is -0.118. The molecule has 1 aromatic heterocycles. The van der Waals surface area contributed by atoms with E-state index in [1.165, 1.54) is 0 Å². The Bertz CT molecular complexity index is 502. The number of anilines is 1. The smallest absolute Gasteiger partial charge is 0.228 e. The lowest BCUT2D eigenvalue weighted by Crippen LogP contribution is -2.18. The summed E-state index contributed by atoms with van der Waals surface area (Å²) in [5.74, 6) is 0.507. The van der Waals surface area contributed by atoms with E-state index in [0.717, 1.165) is 5.69 Å². The van der Waals surface area contributed by atoms with Crippen LogP contribution in [0, 0.1) is 5.92 Å². The fourth-order valence-corrected chi connectivity index (χ4v) is 1.39. The van der Waals surface area contributed by atoms with Crippen molar-refractivity contribution in [3.63, 3.8) is 0 Å². The van der Waals surface area contributed by atoms with E-state index in [4.69, 9.17) is 0 Å². The summed E-state index contributed by atoms with van der Waals surface area (Å²) in [4.78, 5) is 11.5. The van der Waals surface area contributed by atoms with E-state index >= 15 is 0 Å². The summed E-state index contributed by atoms with van der Waals surface area (Å²) in [6, 6.07) is 11.6. The van der Waals surface area contributed by atoms with Gasteiger partial charge in [-0.1, -0.05) is 32.0 Å². The molecule has 2 aromatic rings. The van der Waals surface area contributed by atoms with Crippen LogP contribution < -0.4 is 5.32 Å². The van der Waals surface area contributed by atoms with Crippen LogP contribution in [0.3, 0.4) is 0 Å². The summed E-state index contributed by atoms with van der Waals surface area (Å²) in [5, 5.41) is 7.05. The molecule has 88 valence electrons. The minimum absolute atomic E-state index is 0.0247. The van der Waals surface area contributed by atoms with Gasteiger partial charge < -0.3 is 5.32 Å². The number of aromatic nitrogens is 2. The van der Waals surface area contributed by atoms with Crippen LogP contribution in [0.1, 0.15) is 13.8 Å². The largest absolute Gasteiger partial charge is 0.309 e. The van der Waals surface area contributed by atoms with Crippen LogP contribution in [0.25, 0.3) is 5.69 Å². The first kappa shape index (κ1) is 11.4. The highest BCUT2D eigenvalue weighted by atomic mass is 16.1. The third kappa shape index (κ3) is 2.72. The number of hydrogen-bond acceptors (Lipinski definition) is 2. The summed E-state index contributed by atoms with van der Waals surface area (Å²) < 4.78 is 1.73. The van der Waals surface area contributed by atoms with E-state index in [0.29, 0.717) is 5.82 Å². The van der Waals surface area contributed by atoms with Gasteiger partial charge in [-0.3, -0.25) is 4.79 Å². The molecule has 1 heterocycles. The minimum Gasteiger partial charge on any atom is -0.309 e. The van der Waals surface area contributed by atoms with E-state index in [9.17, 15) is 4.79 Å². The fourth-order valence-electron chi connectivity index (χ4n) is 1.39. The molecule has 1 N–H and O–H groups in total. The number of nitrogens with one attached hydrogen (secondary N) is 1. The van der Waals surface area contributed by atoms with Gasteiger partial charge in [0.1, 0.15) is 0 Å². The van der Waals surface area contributed by atoms with Gasteiger partial charge in [-0.25, -0.2) is 4.68 Å². The van der Waals surface area contributed by atoms with Crippen LogP contribution in [-0.2, 0) is 4.79 Å². The van der Waals surface area contributed by atoms with Gasteiger partial charge in [-0.05, 0) is 12.1 Å². The second-order valence-corrected chi connectivity index (χ2v) is 4.13. The molecule has 0 saturated heterocycles. The van der Waals surface area contributed by atoms with Crippen LogP contribution in [0.2, 0.25) is 0 Å². The maximum absolute atomic E-state index is 11.5. The normalized spacial score (nSPS) is 10.5. The second-order valence-electron chi connectivity index (χ2n) is 4.13. The van der Waals surface area contributed by atoms with Crippen molar-refractivity contribution in [1.29, 1.82) is 0 Å². The van der Waals surface area contributed by atoms with E-state index in [2.05, 4.69) is 10.4 Å². The SMILES string of the molecule is CC(C)C(=O)Nc1ccn(-c2ccccc2)n1. The van der Waals surface area contributed by atoms with Crippen LogP contribution in [0.5, 0.6) is 0 Å². The molecule has 0 unspecified atom stereocenters. The third-order valence-electron chi connectivity index (χ3n) is 2.39. The molecule has 1 amide bonds. The standard InChI is InChI=1S/C13H15N3O/c1-10(2)13(17)14-12-8-9-16(15-12)11-6-4-3-5-7-11/h3-10H,1-2H3,(H,14,15,17). The summed E-state index contributed by atoms with van der Waals surface area (Å²) in [5.41, 5.74) is 0.970. The van der Waals surface area contributed by atoms with E-state index in [-0.39, 0.29) is 11.8 Å². The highest BCUT2D eigenvalue weighted by Gasteiger charge is 2.08. The molecule has 0 atom stereocenters. The van der Waals surface area contributed by atoms with E-state index < -0.39 is 0 Å². The van der Waals surface area contributed by atoms with Crippen LogP contribution in [0.4, 0.5) is 5.82 Å². The second kappa shape index (κ2) is 4.82. The number of carbonyl (C=O) groups is 1. The molecule has 0 radical (unpaired) electrons. The van der Waals surface area contributed by atoms with Crippen molar-refractivity contribution in [1.82, 2.24) is 9.78 Å². The first-order valence-electron chi connectivity index (χ1n) is 5.59. The van der Waals surface area contributed by atoms with Gasteiger partial charge in [-0.2, -0.15) is 5.10 Å². The fraction of sp³-hybridized carbons (Fsp3) is 0.231. The number of para-hydroxylation sites is 1. The Morgan fingerprint density at radius 1 is 1.24 bits per heavy atom. The van der Waals surface area contributed by atoms with Gasteiger partial charge in [-0.15, -0.1) is 0 Å². The predicted octanol–water partition coefficient (Wildman–Crippen LogP) is 2.47. The van der Waals surface area contributed by atoms with Crippen LogP contribution >= 0.6 is 0 Å². The zero-order chi connectivity index (χ0) is 12.3. The summed E-state index contributed by atoms with van der Waals surface area (Å²) >= 11 is 0. The third-order valence-corrected chi connectivity index (χ3v) is 2.39. The van der Waals surface area contributed by atoms with Crippen LogP contribution in [0.15, 0.2) is 42.6 Å². The zero-order valence-electron chi connectivity index (χ0n) is 9.92. The average Bonchev–Trinajstić information content (AvgIpc) is 2.78. The van der Waals surface area contributed by atoms with E-state index in [1.807, 2.05) is 50.4 Å². The minimum atomic E-state index is -0.0446. The number of benzene rings is 1. The van der Waals surface area contributed by atoms with Crippen LogP contribution in [-0.4, -0.2) is 15.7 Å². The number of amides is 1. The molecule has 4 nitrogen and oxygen atoms in total. The maximum atomic E-state index is 11.5. The molecule has 17 heavy (non-hydrogen) atoms. The molecule has 0 spiro atoms. The Kier molecular flexibility index (Phi) is 3.23. The number of hydrogen-bond donors (Lipinski definition) is 1. The quantitative estimate of drug-likeness (QED) is 0.878. The highest BCUT2D eigenvalue weighted by molar-refractivity contribution is 5.91. The van der Waals surface area contributed by atoms with Gasteiger partial charge in [0.25, 0.3) is 0 Å². The molecule has 0 aliphatic carbocycles. The Morgan fingerprint density at radius 2 is 1.94 bits per heavy atom. The Labute approximate surface area is 100 Å². The summed E-state index contributed by atoms with van der Waals surface area (Å²) in [6.07, 6.45) is 1.82. The van der Waals surface area contributed by atoms with Gasteiger partial charge in [0, 0.05) is 18.2 Å². The number of rotatable bonds is 3. The Hall–Kier alpha value is -2.10. The lowest BCUT2D eigenvalue weighted by atomic mass is 10.2.